The molecule has 3 fully saturated rings. The summed E-state index contributed by atoms with van der Waals surface area (Å²) >= 11 is 0. The number of H-pyrrole nitrogens is 2. The van der Waals surface area contributed by atoms with E-state index in [-0.39, 0.29) is 47.7 Å². The number of nitrogens with one attached hydrogen (secondary N) is 4. The lowest BCUT2D eigenvalue weighted by Gasteiger charge is -2.37. The van der Waals surface area contributed by atoms with Crippen LogP contribution < -0.4 is 10.6 Å². The molecule has 0 unspecified atom stereocenters. The number of ether oxygens (including phenoxy) is 2. The molecule has 4 amide bonds. The average molecular weight is 803 g/mol. The SMILES string of the molecule is CC#Cc1cc(-c2cnc([C@@H]3[C@H]4CC[C@H](C4)N3C(=O)[C@@H](NC(=O)OC)C(C)C)[nH]2)ccc1-c1ccc(-c2cnc([C@@H]3CCCN3C(=O)[C@@H](NC(=O)OC)C(C)C)[nH]2)cc1. The van der Waals surface area contributed by atoms with Crippen LogP contribution in [0.25, 0.3) is 33.6 Å². The molecular weight excluding hydrogens is 749 g/mol. The second-order valence-electron chi connectivity index (χ2n) is 16.4. The third-order valence-electron chi connectivity index (χ3n) is 12.0. The van der Waals surface area contributed by atoms with E-state index in [4.69, 9.17) is 19.4 Å². The predicted octanol–water partition coefficient (Wildman–Crippen LogP) is 6.98. The molecule has 2 bridgehead atoms. The van der Waals surface area contributed by atoms with E-state index in [2.05, 4.69) is 62.8 Å². The number of methoxy groups -OCH3 is 2. The molecule has 7 rings (SSSR count). The maximum absolute atomic E-state index is 14.0. The summed E-state index contributed by atoms with van der Waals surface area (Å²) in [5.74, 6) is 7.62. The molecule has 4 aromatic rings. The largest absolute Gasteiger partial charge is 0.453 e. The number of hydrogen-bond acceptors (Lipinski definition) is 8. The fourth-order valence-corrected chi connectivity index (χ4v) is 9.03. The Morgan fingerprint density at radius 1 is 0.780 bits per heavy atom. The van der Waals surface area contributed by atoms with Crippen LogP contribution in [-0.2, 0) is 19.1 Å². The molecule has 4 N–H and O–H groups in total. The number of fused-ring (bicyclic) bond motifs is 2. The van der Waals surface area contributed by atoms with Gasteiger partial charge in [-0.25, -0.2) is 19.6 Å². The molecule has 1 saturated carbocycles. The summed E-state index contributed by atoms with van der Waals surface area (Å²) in [6.07, 6.45) is 6.86. The fraction of sp³-hybridized carbons (Fsp3) is 0.467. The first-order valence-corrected chi connectivity index (χ1v) is 20.5. The number of benzene rings is 2. The fourth-order valence-electron chi connectivity index (χ4n) is 9.03. The van der Waals surface area contributed by atoms with Gasteiger partial charge < -0.3 is 39.9 Å². The Morgan fingerprint density at radius 2 is 1.37 bits per heavy atom. The van der Waals surface area contributed by atoms with Gasteiger partial charge in [-0.05, 0) is 79.5 Å². The molecule has 0 radical (unpaired) electrons. The Bertz CT molecular complexity index is 2250. The summed E-state index contributed by atoms with van der Waals surface area (Å²) in [6, 6.07) is 12.7. The summed E-state index contributed by atoms with van der Waals surface area (Å²) in [6.45, 7) is 10.0. The molecule has 1 aliphatic carbocycles. The van der Waals surface area contributed by atoms with Crippen molar-refractivity contribution in [2.75, 3.05) is 20.8 Å². The minimum Gasteiger partial charge on any atom is -0.453 e. The highest BCUT2D eigenvalue weighted by Crippen LogP contribution is 2.50. The van der Waals surface area contributed by atoms with Gasteiger partial charge in [0.05, 0.1) is 50.1 Å². The number of rotatable bonds is 11. The van der Waals surface area contributed by atoms with Crippen LogP contribution in [0.15, 0.2) is 54.9 Å². The van der Waals surface area contributed by atoms with Crippen molar-refractivity contribution in [3.63, 3.8) is 0 Å². The standard InChI is InChI=1S/C45H54N8O6/c1-8-10-29-21-30(35-24-47-41(49-35)39-31-16-18-32(22-31)53(39)43(55)38(26(4)5)51-45(57)59-7)17-19-33(29)27-12-14-28(15-13-27)34-23-46-40(48-34)36-11-9-20-52(36)42(54)37(25(2)3)50-44(56)58-6/h12-15,17,19,21,23-26,31-32,36-39H,9,11,16,18,20,22H2,1-7H3,(H,46,48)(H,47,49)(H,50,56)(H,51,57)/t31-,32+,36-,37-,38-,39-/m0/s1. The molecule has 2 aromatic carbocycles. The van der Waals surface area contributed by atoms with Crippen molar-refractivity contribution in [2.45, 2.75) is 96.9 Å². The van der Waals surface area contributed by atoms with Crippen LogP contribution in [0.4, 0.5) is 9.59 Å². The number of imidazole rings is 2. The zero-order chi connectivity index (χ0) is 42.0. The van der Waals surface area contributed by atoms with Crippen LogP contribution in [0.3, 0.4) is 0 Å². The summed E-state index contributed by atoms with van der Waals surface area (Å²) in [4.78, 5) is 72.0. The van der Waals surface area contributed by atoms with Gasteiger partial charge in [-0.3, -0.25) is 9.59 Å². The van der Waals surface area contributed by atoms with Crippen molar-refractivity contribution in [1.82, 2.24) is 40.4 Å². The van der Waals surface area contributed by atoms with Crippen molar-refractivity contribution >= 4 is 24.0 Å². The lowest BCUT2D eigenvalue weighted by molar-refractivity contribution is -0.139. The van der Waals surface area contributed by atoms with Gasteiger partial charge in [0, 0.05) is 23.7 Å². The van der Waals surface area contributed by atoms with Crippen molar-refractivity contribution in [2.24, 2.45) is 17.8 Å². The number of carbonyl (C=O) groups is 4. The minimum atomic E-state index is -0.700. The number of carbonyl (C=O) groups excluding carboxylic acids is 4. The smallest absolute Gasteiger partial charge is 0.407 e. The Kier molecular flexibility index (Phi) is 12.1. The number of alkyl carbamates (subject to hydrolysis) is 2. The maximum Gasteiger partial charge on any atom is 0.407 e. The lowest BCUT2D eigenvalue weighted by Crippen LogP contribution is -2.54. The quantitative estimate of drug-likeness (QED) is 0.118. The lowest BCUT2D eigenvalue weighted by atomic mass is 9.95. The van der Waals surface area contributed by atoms with E-state index in [0.717, 1.165) is 77.1 Å². The summed E-state index contributed by atoms with van der Waals surface area (Å²) < 4.78 is 9.60. The Balaban J connectivity index is 1.08. The van der Waals surface area contributed by atoms with Gasteiger partial charge in [-0.2, -0.15) is 0 Å². The first-order chi connectivity index (χ1) is 28.4. The third-order valence-corrected chi connectivity index (χ3v) is 12.0. The van der Waals surface area contributed by atoms with Gasteiger partial charge in [0.25, 0.3) is 0 Å². The number of hydrogen-bond donors (Lipinski definition) is 4. The van der Waals surface area contributed by atoms with Crippen LogP contribution in [0.1, 0.15) is 96.0 Å². The molecule has 2 aromatic heterocycles. The van der Waals surface area contributed by atoms with Gasteiger partial charge in [0.2, 0.25) is 11.8 Å². The molecule has 2 aliphatic heterocycles. The second kappa shape index (κ2) is 17.4. The van der Waals surface area contributed by atoms with Crippen molar-refractivity contribution in [3.8, 4) is 45.5 Å². The number of likely N-dealkylation sites (tertiary alicyclic amines) is 2. The van der Waals surface area contributed by atoms with Crippen LogP contribution >= 0.6 is 0 Å². The maximum atomic E-state index is 14.0. The number of nitrogens with zero attached hydrogens (tertiary/aromatic N) is 4. The monoisotopic (exact) mass is 802 g/mol. The highest BCUT2D eigenvalue weighted by molar-refractivity contribution is 5.87. The molecule has 4 heterocycles. The predicted molar refractivity (Wildman–Crippen MR) is 222 cm³/mol. The van der Waals surface area contributed by atoms with E-state index >= 15 is 0 Å². The second-order valence-corrected chi connectivity index (χ2v) is 16.4. The van der Waals surface area contributed by atoms with Gasteiger partial charge in [-0.15, -0.1) is 5.92 Å². The molecule has 14 nitrogen and oxygen atoms in total. The van der Waals surface area contributed by atoms with E-state index in [1.54, 1.807) is 11.1 Å². The molecule has 14 heteroatoms. The molecule has 6 atom stereocenters. The Labute approximate surface area is 345 Å². The molecule has 0 spiro atoms. The molecular formula is C45H54N8O6. The van der Waals surface area contributed by atoms with Crippen LogP contribution in [0.2, 0.25) is 0 Å². The van der Waals surface area contributed by atoms with E-state index in [9.17, 15) is 19.2 Å². The van der Waals surface area contributed by atoms with Gasteiger partial charge in [-0.1, -0.05) is 70.0 Å². The highest BCUT2D eigenvalue weighted by atomic mass is 16.5. The summed E-state index contributed by atoms with van der Waals surface area (Å²) in [7, 11) is 2.59. The summed E-state index contributed by atoms with van der Waals surface area (Å²) in [5, 5.41) is 5.46. The molecule has 2 saturated heterocycles. The van der Waals surface area contributed by atoms with E-state index in [0.29, 0.717) is 12.4 Å². The number of aromatic nitrogens is 4. The molecule has 59 heavy (non-hydrogen) atoms. The first-order valence-electron chi connectivity index (χ1n) is 20.5. The number of amides is 4. The van der Waals surface area contributed by atoms with Crippen LogP contribution in [0.5, 0.6) is 0 Å². The molecule has 310 valence electrons. The van der Waals surface area contributed by atoms with Crippen LogP contribution in [-0.4, -0.2) is 92.6 Å². The topological polar surface area (TPSA) is 175 Å². The van der Waals surface area contributed by atoms with E-state index in [1.807, 2.05) is 57.8 Å². The van der Waals surface area contributed by atoms with Gasteiger partial charge in [0.15, 0.2) is 0 Å². The third kappa shape index (κ3) is 8.28. The zero-order valence-electron chi connectivity index (χ0n) is 34.8. The number of piperidine rings is 1. The van der Waals surface area contributed by atoms with E-state index in [1.165, 1.54) is 14.2 Å². The highest BCUT2D eigenvalue weighted by Gasteiger charge is 2.51. The zero-order valence-corrected chi connectivity index (χ0v) is 34.8. The van der Waals surface area contributed by atoms with Crippen molar-refractivity contribution < 1.29 is 28.7 Å². The number of aromatic amines is 2. The minimum absolute atomic E-state index is 0.105. The Hall–Kier alpha value is -6.10. The van der Waals surface area contributed by atoms with Crippen molar-refractivity contribution in [3.05, 3.63) is 72.1 Å². The van der Waals surface area contributed by atoms with Gasteiger partial charge >= 0.3 is 12.2 Å². The molecule has 3 aliphatic rings. The Morgan fingerprint density at radius 3 is 2.02 bits per heavy atom. The van der Waals surface area contributed by atoms with Gasteiger partial charge in [0.1, 0.15) is 23.7 Å². The first kappa shape index (κ1) is 41.1. The van der Waals surface area contributed by atoms with Crippen molar-refractivity contribution in [1.29, 1.82) is 0 Å². The average Bonchev–Trinajstić information content (AvgIpc) is 4.10. The normalized spacial score (nSPS) is 20.6. The van der Waals surface area contributed by atoms with E-state index < -0.39 is 24.3 Å². The summed E-state index contributed by atoms with van der Waals surface area (Å²) in [5.41, 5.74) is 6.42. The van der Waals surface area contributed by atoms with Crippen LogP contribution in [0, 0.1) is 29.6 Å².